The molecule has 0 spiro atoms. The van der Waals surface area contributed by atoms with Gasteiger partial charge in [0.15, 0.2) is 6.73 Å². The summed E-state index contributed by atoms with van der Waals surface area (Å²) < 4.78 is 43.0. The first kappa shape index (κ1) is 11.3. The number of rotatable bonds is 1. The molecule has 1 heterocycles. The van der Waals surface area contributed by atoms with Crippen molar-refractivity contribution in [2.45, 2.75) is 6.18 Å². The molecule has 0 radical (unpaired) electrons. The maximum atomic E-state index is 12.5. The molecule has 0 N–H and O–H groups in total. The number of anilines is 1. The molecule has 0 unspecified atom stereocenters. The van der Waals surface area contributed by atoms with E-state index in [-0.39, 0.29) is 6.73 Å². The molecule has 0 saturated carbocycles. The number of ether oxygens (including phenoxy) is 1. The van der Waals surface area contributed by atoms with Crippen LogP contribution in [0, 0.1) is 0 Å². The Hall–Kier alpha value is -1.17. The summed E-state index contributed by atoms with van der Waals surface area (Å²) in [7, 11) is 0. The number of halogens is 4. The van der Waals surface area contributed by atoms with E-state index in [9.17, 15) is 13.2 Å². The molecule has 0 atom stereocenters. The van der Waals surface area contributed by atoms with Gasteiger partial charge >= 0.3 is 6.18 Å². The quantitative estimate of drug-likeness (QED) is 0.732. The van der Waals surface area contributed by atoms with E-state index in [0.717, 1.165) is 12.1 Å². The Bertz CT molecular complexity index is 430. The SMILES string of the molecule is FC(F)(F)c1cccc(N2COC=C2Br)c1. The third-order valence-corrected chi connectivity index (χ3v) is 2.74. The zero-order valence-corrected chi connectivity index (χ0v) is 9.55. The highest BCUT2D eigenvalue weighted by Gasteiger charge is 2.31. The molecule has 86 valence electrons. The molecule has 0 aliphatic carbocycles. The van der Waals surface area contributed by atoms with Crippen molar-refractivity contribution in [3.8, 4) is 0 Å². The van der Waals surface area contributed by atoms with Crippen molar-refractivity contribution >= 4 is 21.6 Å². The molecular formula is C10H7BrF3NO. The highest BCUT2D eigenvalue weighted by molar-refractivity contribution is 9.11. The van der Waals surface area contributed by atoms with E-state index < -0.39 is 11.7 Å². The van der Waals surface area contributed by atoms with Crippen molar-refractivity contribution in [3.63, 3.8) is 0 Å². The van der Waals surface area contributed by atoms with Gasteiger partial charge in [0.2, 0.25) is 0 Å². The smallest absolute Gasteiger partial charge is 0.416 e. The zero-order chi connectivity index (χ0) is 11.8. The molecular weight excluding hydrogens is 287 g/mol. The molecule has 2 rings (SSSR count). The molecule has 6 heteroatoms. The Morgan fingerprint density at radius 2 is 2.06 bits per heavy atom. The number of alkyl halides is 3. The molecule has 0 bridgehead atoms. The lowest BCUT2D eigenvalue weighted by atomic mass is 10.2. The molecule has 1 aliphatic rings. The van der Waals surface area contributed by atoms with E-state index >= 15 is 0 Å². The minimum atomic E-state index is -4.33. The van der Waals surface area contributed by atoms with Crippen LogP contribution in [0.1, 0.15) is 5.56 Å². The molecule has 1 aliphatic heterocycles. The summed E-state index contributed by atoms with van der Waals surface area (Å²) in [5, 5.41) is 0. The van der Waals surface area contributed by atoms with Gasteiger partial charge in [-0.3, -0.25) is 4.90 Å². The van der Waals surface area contributed by atoms with Gasteiger partial charge in [0.05, 0.1) is 5.56 Å². The van der Waals surface area contributed by atoms with Crippen LogP contribution in [0.25, 0.3) is 0 Å². The second kappa shape index (κ2) is 4.01. The van der Waals surface area contributed by atoms with E-state index in [1.54, 1.807) is 11.0 Å². The fourth-order valence-corrected chi connectivity index (χ4v) is 1.79. The predicted molar refractivity (Wildman–Crippen MR) is 56.9 cm³/mol. The van der Waals surface area contributed by atoms with Crippen LogP contribution in [0.15, 0.2) is 35.1 Å². The molecule has 16 heavy (non-hydrogen) atoms. The summed E-state index contributed by atoms with van der Waals surface area (Å²) in [6.07, 6.45) is -2.88. The second-order valence-corrected chi connectivity index (χ2v) is 4.02. The van der Waals surface area contributed by atoms with E-state index in [2.05, 4.69) is 15.9 Å². The van der Waals surface area contributed by atoms with Crippen LogP contribution in [-0.4, -0.2) is 6.73 Å². The van der Waals surface area contributed by atoms with Gasteiger partial charge in [-0.1, -0.05) is 6.07 Å². The summed E-state index contributed by atoms with van der Waals surface area (Å²) in [6.45, 7) is 0.210. The highest BCUT2D eigenvalue weighted by atomic mass is 79.9. The predicted octanol–water partition coefficient (Wildman–Crippen LogP) is 3.69. The van der Waals surface area contributed by atoms with Gasteiger partial charge in [-0.15, -0.1) is 0 Å². The van der Waals surface area contributed by atoms with Gasteiger partial charge < -0.3 is 4.74 Å². The second-order valence-electron chi connectivity index (χ2n) is 3.21. The molecule has 0 amide bonds. The lowest BCUT2D eigenvalue weighted by Crippen LogP contribution is -2.17. The van der Waals surface area contributed by atoms with Gasteiger partial charge in [0, 0.05) is 5.69 Å². The molecule has 1 aromatic rings. The van der Waals surface area contributed by atoms with Gasteiger partial charge in [0.25, 0.3) is 0 Å². The van der Waals surface area contributed by atoms with Crippen molar-refractivity contribution in [2.75, 3.05) is 11.6 Å². The van der Waals surface area contributed by atoms with Gasteiger partial charge in [-0.2, -0.15) is 13.2 Å². The lowest BCUT2D eigenvalue weighted by Gasteiger charge is -2.18. The third kappa shape index (κ3) is 2.16. The molecule has 0 fully saturated rings. The molecule has 0 saturated heterocycles. The van der Waals surface area contributed by atoms with Crippen molar-refractivity contribution in [3.05, 3.63) is 40.7 Å². The van der Waals surface area contributed by atoms with E-state index in [1.165, 1.54) is 12.3 Å². The maximum absolute atomic E-state index is 12.5. The summed E-state index contributed by atoms with van der Waals surface area (Å²) in [6, 6.07) is 5.09. The van der Waals surface area contributed by atoms with Gasteiger partial charge in [-0.05, 0) is 34.1 Å². The standard InChI is InChI=1S/C10H7BrF3NO/c11-9-5-16-6-15(9)8-3-1-2-7(4-8)10(12,13)14/h1-5H,6H2. The Balaban J connectivity index is 2.33. The zero-order valence-electron chi connectivity index (χ0n) is 7.96. The van der Waals surface area contributed by atoms with Crippen LogP contribution in [0.2, 0.25) is 0 Å². The first-order chi connectivity index (χ1) is 7.48. The summed E-state index contributed by atoms with van der Waals surface area (Å²) >= 11 is 3.20. The minimum absolute atomic E-state index is 0.210. The number of nitrogens with zero attached hydrogens (tertiary/aromatic N) is 1. The molecule has 0 aromatic heterocycles. The van der Waals surface area contributed by atoms with Gasteiger partial charge in [-0.25, -0.2) is 0 Å². The molecule has 1 aromatic carbocycles. The maximum Gasteiger partial charge on any atom is 0.416 e. The van der Waals surface area contributed by atoms with Crippen LogP contribution < -0.4 is 4.90 Å². The Labute approximate surface area is 98.4 Å². The summed E-state index contributed by atoms with van der Waals surface area (Å²) in [4.78, 5) is 1.59. The van der Waals surface area contributed by atoms with E-state index in [4.69, 9.17) is 4.74 Å². The van der Waals surface area contributed by atoms with Crippen LogP contribution in [0.4, 0.5) is 18.9 Å². The first-order valence-corrected chi connectivity index (χ1v) is 5.20. The van der Waals surface area contributed by atoms with Crippen LogP contribution in [0.3, 0.4) is 0 Å². The monoisotopic (exact) mass is 293 g/mol. The molecule has 2 nitrogen and oxygen atoms in total. The van der Waals surface area contributed by atoms with Crippen molar-refractivity contribution < 1.29 is 17.9 Å². The average molecular weight is 294 g/mol. The topological polar surface area (TPSA) is 12.5 Å². The van der Waals surface area contributed by atoms with Crippen molar-refractivity contribution in [1.29, 1.82) is 0 Å². The van der Waals surface area contributed by atoms with Crippen LogP contribution in [-0.2, 0) is 10.9 Å². The highest BCUT2D eigenvalue weighted by Crippen LogP contribution is 2.34. The Morgan fingerprint density at radius 1 is 1.31 bits per heavy atom. The lowest BCUT2D eigenvalue weighted by molar-refractivity contribution is -0.137. The summed E-state index contributed by atoms with van der Waals surface area (Å²) in [5.74, 6) is 0. The normalized spacial score (nSPS) is 16.0. The van der Waals surface area contributed by atoms with Crippen molar-refractivity contribution in [1.82, 2.24) is 0 Å². The largest absolute Gasteiger partial charge is 0.478 e. The third-order valence-electron chi connectivity index (χ3n) is 2.13. The minimum Gasteiger partial charge on any atom is -0.478 e. The fourth-order valence-electron chi connectivity index (χ4n) is 1.35. The van der Waals surface area contributed by atoms with E-state index in [1.807, 2.05) is 0 Å². The fraction of sp³-hybridized carbons (Fsp3) is 0.200. The van der Waals surface area contributed by atoms with Gasteiger partial charge in [0.1, 0.15) is 10.9 Å². The average Bonchev–Trinajstić information content (AvgIpc) is 2.63. The van der Waals surface area contributed by atoms with Crippen LogP contribution in [0.5, 0.6) is 0 Å². The number of benzene rings is 1. The number of hydrogen-bond acceptors (Lipinski definition) is 2. The van der Waals surface area contributed by atoms with Crippen LogP contribution >= 0.6 is 15.9 Å². The van der Waals surface area contributed by atoms with Crippen molar-refractivity contribution in [2.24, 2.45) is 0 Å². The Morgan fingerprint density at radius 3 is 2.62 bits per heavy atom. The number of hydrogen-bond donors (Lipinski definition) is 0. The van der Waals surface area contributed by atoms with E-state index in [0.29, 0.717) is 10.3 Å². The Kier molecular flexibility index (Phi) is 2.84. The first-order valence-electron chi connectivity index (χ1n) is 4.40. The summed E-state index contributed by atoms with van der Waals surface area (Å²) in [5.41, 5.74) is -0.229.